The Morgan fingerprint density at radius 3 is 2.29 bits per heavy atom. The van der Waals surface area contributed by atoms with Gasteiger partial charge in [-0.3, -0.25) is 0 Å². The first-order chi connectivity index (χ1) is 23.1. The van der Waals surface area contributed by atoms with Crippen LogP contribution in [0.25, 0.3) is 0 Å². The molecule has 0 amide bonds. The number of hydrogen-bond acceptors (Lipinski definition) is 9. The second kappa shape index (κ2) is 18.8. The van der Waals surface area contributed by atoms with Gasteiger partial charge < -0.3 is 24.4 Å². The molecule has 0 aromatic heterocycles. The van der Waals surface area contributed by atoms with Crippen molar-refractivity contribution in [2.75, 3.05) is 26.3 Å². The quantitative estimate of drug-likeness (QED) is 0.0876. The maximum atomic E-state index is 12.9. The van der Waals surface area contributed by atoms with E-state index in [1.54, 1.807) is 37.3 Å². The molecule has 3 aromatic carbocycles. The van der Waals surface area contributed by atoms with Gasteiger partial charge in [-0.25, -0.2) is 8.42 Å². The SMILES string of the molecule is Cc1cccc(S(=O)(=O)Oc2ccc(C(O)CNCCCCCCOCCCCc3cccc(S(=O)(=O)C4CCCC4)c3)cc2CO)c1. The Labute approximate surface area is 286 Å². The van der Waals surface area contributed by atoms with E-state index >= 15 is 0 Å². The van der Waals surface area contributed by atoms with Crippen molar-refractivity contribution < 1.29 is 36.0 Å². The smallest absolute Gasteiger partial charge is 0.339 e. The van der Waals surface area contributed by atoms with Crippen molar-refractivity contribution in [3.8, 4) is 5.75 Å². The number of sulfone groups is 1. The van der Waals surface area contributed by atoms with Gasteiger partial charge >= 0.3 is 10.1 Å². The molecule has 1 aliphatic carbocycles. The molecule has 0 heterocycles. The maximum absolute atomic E-state index is 12.9. The Bertz CT molecular complexity index is 1650. The van der Waals surface area contributed by atoms with Gasteiger partial charge in [-0.2, -0.15) is 8.42 Å². The van der Waals surface area contributed by atoms with Crippen LogP contribution in [0, 0.1) is 6.92 Å². The zero-order valence-corrected chi connectivity index (χ0v) is 29.6. The molecule has 0 radical (unpaired) electrons. The summed E-state index contributed by atoms with van der Waals surface area (Å²) in [6.45, 7) is 3.87. The van der Waals surface area contributed by atoms with E-state index in [2.05, 4.69) is 5.32 Å². The molecule has 1 saturated carbocycles. The van der Waals surface area contributed by atoms with Gasteiger partial charge in [0, 0.05) is 25.3 Å². The highest BCUT2D eigenvalue weighted by molar-refractivity contribution is 7.92. The highest BCUT2D eigenvalue weighted by atomic mass is 32.2. The minimum atomic E-state index is -4.06. The summed E-state index contributed by atoms with van der Waals surface area (Å²) < 4.78 is 62.3. The van der Waals surface area contributed by atoms with E-state index in [4.69, 9.17) is 8.92 Å². The predicted molar refractivity (Wildman–Crippen MR) is 187 cm³/mol. The number of aliphatic hydroxyl groups is 2. The zero-order chi connectivity index (χ0) is 34.4. The fraction of sp³-hybridized carbons (Fsp3) is 0.514. The molecule has 3 N–H and O–H groups in total. The van der Waals surface area contributed by atoms with Crippen LogP contribution in [0.2, 0.25) is 0 Å². The maximum Gasteiger partial charge on any atom is 0.339 e. The van der Waals surface area contributed by atoms with Gasteiger partial charge in [0.25, 0.3) is 0 Å². The first kappa shape index (κ1) is 38.0. The van der Waals surface area contributed by atoms with Crippen LogP contribution in [-0.4, -0.2) is 58.6 Å². The van der Waals surface area contributed by atoms with Crippen LogP contribution in [0.1, 0.15) is 92.6 Å². The molecule has 1 fully saturated rings. The van der Waals surface area contributed by atoms with Crippen molar-refractivity contribution in [3.05, 3.63) is 89.0 Å². The second-order valence-electron chi connectivity index (χ2n) is 12.7. The highest BCUT2D eigenvalue weighted by Gasteiger charge is 2.30. The normalized spacial score (nSPS) is 14.7. The molecule has 0 spiro atoms. The third-order valence-electron chi connectivity index (χ3n) is 8.82. The lowest BCUT2D eigenvalue weighted by atomic mass is 10.1. The van der Waals surface area contributed by atoms with Gasteiger partial charge in [-0.1, -0.05) is 56.0 Å². The van der Waals surface area contributed by atoms with Crippen LogP contribution in [0.3, 0.4) is 0 Å². The summed E-state index contributed by atoms with van der Waals surface area (Å²) in [5.41, 5.74) is 2.70. The predicted octanol–water partition coefficient (Wildman–Crippen LogP) is 6.19. The fourth-order valence-corrected chi connectivity index (χ4v) is 9.01. The van der Waals surface area contributed by atoms with Crippen LogP contribution in [-0.2, 0) is 37.7 Å². The van der Waals surface area contributed by atoms with Gasteiger partial charge in [-0.15, -0.1) is 0 Å². The van der Waals surface area contributed by atoms with Crippen molar-refractivity contribution in [3.63, 3.8) is 0 Å². The van der Waals surface area contributed by atoms with Gasteiger partial charge in [-0.05, 0) is 112 Å². The van der Waals surface area contributed by atoms with E-state index in [1.807, 2.05) is 18.2 Å². The van der Waals surface area contributed by atoms with E-state index in [0.29, 0.717) is 23.6 Å². The summed E-state index contributed by atoms with van der Waals surface area (Å²) in [4.78, 5) is 0.506. The molecular formula is C37H51NO8S2. The first-order valence-corrected chi connectivity index (χ1v) is 20.1. The Morgan fingerprint density at radius 1 is 0.833 bits per heavy atom. The Morgan fingerprint density at radius 2 is 1.54 bits per heavy atom. The van der Waals surface area contributed by atoms with Crippen LogP contribution >= 0.6 is 0 Å². The van der Waals surface area contributed by atoms with Crippen LogP contribution < -0.4 is 9.50 Å². The summed E-state index contributed by atoms with van der Waals surface area (Å²) in [7, 11) is -7.28. The lowest BCUT2D eigenvalue weighted by Gasteiger charge is -2.16. The minimum absolute atomic E-state index is 0.0293. The average molecular weight is 702 g/mol. The van der Waals surface area contributed by atoms with E-state index in [-0.39, 0.29) is 21.5 Å². The number of aryl methyl sites for hydroxylation is 2. The summed E-state index contributed by atoms with van der Waals surface area (Å²) >= 11 is 0. The summed E-state index contributed by atoms with van der Waals surface area (Å²) in [6.07, 6.45) is 9.54. The molecular weight excluding hydrogens is 651 g/mol. The summed E-state index contributed by atoms with van der Waals surface area (Å²) in [5, 5.41) is 23.5. The Kier molecular flexibility index (Phi) is 14.9. The molecule has 3 aromatic rings. The largest absolute Gasteiger partial charge is 0.392 e. The lowest BCUT2D eigenvalue weighted by Crippen LogP contribution is -2.22. The molecule has 1 aliphatic rings. The van der Waals surface area contributed by atoms with Crippen molar-refractivity contribution >= 4 is 20.0 Å². The first-order valence-electron chi connectivity index (χ1n) is 17.1. The molecule has 0 saturated heterocycles. The standard InChI is InChI=1S/C37H51NO8S2/c1-29-12-10-18-35(24-29)48(43,44)46-37-20-19-31(26-32(37)28-39)36(40)27-38-21-7-2-3-8-22-45-23-9-6-13-30-14-11-17-34(25-30)47(41,42)33-15-4-5-16-33/h10-12,14,17-20,24-26,33,36,38-40H,2-9,13,15-16,21-23,27-28H2,1H3. The van der Waals surface area contributed by atoms with Gasteiger partial charge in [0.1, 0.15) is 10.6 Å². The molecule has 264 valence electrons. The third kappa shape index (κ3) is 11.4. The monoisotopic (exact) mass is 701 g/mol. The zero-order valence-electron chi connectivity index (χ0n) is 28.0. The molecule has 9 nitrogen and oxygen atoms in total. The van der Waals surface area contributed by atoms with E-state index in [9.17, 15) is 27.0 Å². The summed E-state index contributed by atoms with van der Waals surface area (Å²) in [5.74, 6) is 0.0293. The lowest BCUT2D eigenvalue weighted by molar-refractivity contribution is 0.126. The minimum Gasteiger partial charge on any atom is -0.392 e. The Balaban J connectivity index is 1.04. The molecule has 1 atom stereocenters. The van der Waals surface area contributed by atoms with E-state index in [0.717, 1.165) is 94.9 Å². The van der Waals surface area contributed by atoms with Crippen molar-refractivity contribution in [2.24, 2.45) is 0 Å². The van der Waals surface area contributed by atoms with Crippen LogP contribution in [0.15, 0.2) is 76.5 Å². The van der Waals surface area contributed by atoms with Crippen LogP contribution in [0.5, 0.6) is 5.75 Å². The highest BCUT2D eigenvalue weighted by Crippen LogP contribution is 2.30. The molecule has 4 rings (SSSR count). The van der Waals surface area contributed by atoms with E-state index in [1.165, 1.54) is 18.2 Å². The van der Waals surface area contributed by atoms with Crippen LogP contribution in [0.4, 0.5) is 0 Å². The molecule has 11 heteroatoms. The topological polar surface area (TPSA) is 139 Å². The fourth-order valence-electron chi connectivity index (χ4n) is 6.02. The summed E-state index contributed by atoms with van der Waals surface area (Å²) in [6, 6.07) is 18.5. The van der Waals surface area contributed by atoms with Crippen molar-refractivity contribution in [1.29, 1.82) is 0 Å². The number of unbranched alkanes of at least 4 members (excludes halogenated alkanes) is 4. The molecule has 1 unspecified atom stereocenters. The number of nitrogens with one attached hydrogen (secondary N) is 1. The van der Waals surface area contributed by atoms with Gasteiger partial charge in [0.05, 0.1) is 22.9 Å². The number of benzene rings is 3. The number of rotatable bonds is 21. The molecule has 48 heavy (non-hydrogen) atoms. The third-order valence-corrected chi connectivity index (χ3v) is 12.3. The molecule has 0 bridgehead atoms. The van der Waals surface area contributed by atoms with Gasteiger partial charge in [0.2, 0.25) is 0 Å². The molecule has 0 aliphatic heterocycles. The average Bonchev–Trinajstić information content (AvgIpc) is 3.63. The number of hydrogen-bond donors (Lipinski definition) is 3. The van der Waals surface area contributed by atoms with Crippen molar-refractivity contribution in [1.82, 2.24) is 5.32 Å². The van der Waals surface area contributed by atoms with Crippen molar-refractivity contribution in [2.45, 2.75) is 105 Å². The van der Waals surface area contributed by atoms with E-state index < -0.39 is 32.7 Å². The number of aliphatic hydroxyl groups excluding tert-OH is 2. The Hall–Kier alpha value is -2.80. The second-order valence-corrected chi connectivity index (χ2v) is 16.5. The van der Waals surface area contributed by atoms with Gasteiger partial charge in [0.15, 0.2) is 9.84 Å². The number of ether oxygens (including phenoxy) is 1.